The summed E-state index contributed by atoms with van der Waals surface area (Å²) in [6.45, 7) is 2.52. The maximum Gasteiger partial charge on any atom is 0.264 e. The van der Waals surface area contributed by atoms with E-state index in [1.165, 1.54) is 43.1 Å². The molecule has 2 amide bonds. The first-order chi connectivity index (χ1) is 17.4. The fraction of sp³-hybridized carbons (Fsp3) is 0.231. The van der Waals surface area contributed by atoms with Crippen LogP contribution >= 0.6 is 23.2 Å². The van der Waals surface area contributed by atoms with Gasteiger partial charge in [-0.25, -0.2) is 12.8 Å². The highest BCUT2D eigenvalue weighted by atomic mass is 35.5. The van der Waals surface area contributed by atoms with E-state index in [1.54, 1.807) is 30.3 Å². The summed E-state index contributed by atoms with van der Waals surface area (Å²) < 4.78 is 41.8. The van der Waals surface area contributed by atoms with E-state index >= 15 is 0 Å². The summed E-state index contributed by atoms with van der Waals surface area (Å²) in [6.07, 6.45) is 0. The number of anilines is 1. The maximum atomic E-state index is 13.7. The third kappa shape index (κ3) is 6.60. The molecule has 0 bridgehead atoms. The van der Waals surface area contributed by atoms with E-state index in [4.69, 9.17) is 23.2 Å². The molecule has 37 heavy (non-hydrogen) atoms. The van der Waals surface area contributed by atoms with Crippen LogP contribution in [-0.4, -0.2) is 44.8 Å². The standard InChI is InChI=1S/C26H26Cl2FN3O4S/c1-17-7-13-21(14-8-17)37(35,36)32(20-11-9-19(29)10-12-20)16-25(33)31(18(2)26(34)30-3)15-22-23(27)5-4-6-24(22)28/h4-14,18H,15-16H2,1-3H3,(H,30,34)/t18-/m0/s1. The zero-order valence-electron chi connectivity index (χ0n) is 20.4. The molecule has 0 saturated carbocycles. The molecule has 3 aromatic rings. The number of benzene rings is 3. The van der Waals surface area contributed by atoms with Crippen molar-refractivity contribution in [3.8, 4) is 0 Å². The number of likely N-dealkylation sites (N-methyl/N-ethyl adjacent to an activating group) is 1. The number of nitrogens with one attached hydrogen (secondary N) is 1. The van der Waals surface area contributed by atoms with Crippen LogP contribution < -0.4 is 9.62 Å². The largest absolute Gasteiger partial charge is 0.357 e. The average molecular weight is 566 g/mol. The molecule has 0 aromatic heterocycles. The van der Waals surface area contributed by atoms with Crippen molar-refractivity contribution >= 4 is 50.7 Å². The van der Waals surface area contributed by atoms with Crippen molar-refractivity contribution in [3.05, 3.63) is 93.7 Å². The number of hydrogen-bond donors (Lipinski definition) is 1. The number of rotatable bonds is 9. The monoisotopic (exact) mass is 565 g/mol. The van der Waals surface area contributed by atoms with Gasteiger partial charge in [-0.3, -0.25) is 13.9 Å². The zero-order valence-corrected chi connectivity index (χ0v) is 22.7. The Kier molecular flexibility index (Phi) is 9.17. The number of hydrogen-bond acceptors (Lipinski definition) is 4. The molecule has 11 heteroatoms. The number of sulfonamides is 1. The lowest BCUT2D eigenvalue weighted by atomic mass is 10.1. The minimum absolute atomic E-state index is 0.0460. The van der Waals surface area contributed by atoms with Crippen molar-refractivity contribution in [2.75, 3.05) is 17.9 Å². The third-order valence-electron chi connectivity index (χ3n) is 5.81. The predicted octanol–water partition coefficient (Wildman–Crippen LogP) is 4.80. The number of carbonyl (C=O) groups excluding carboxylic acids is 2. The average Bonchev–Trinajstić information content (AvgIpc) is 2.87. The fourth-order valence-corrected chi connectivity index (χ4v) is 5.55. The van der Waals surface area contributed by atoms with Gasteiger partial charge in [0, 0.05) is 29.2 Å². The Morgan fingerprint density at radius 1 is 0.973 bits per heavy atom. The molecule has 7 nitrogen and oxygen atoms in total. The molecule has 0 spiro atoms. The van der Waals surface area contributed by atoms with Crippen molar-refractivity contribution in [1.82, 2.24) is 10.2 Å². The van der Waals surface area contributed by atoms with Crippen LogP contribution in [0.25, 0.3) is 0 Å². The summed E-state index contributed by atoms with van der Waals surface area (Å²) in [5.74, 6) is -1.72. The van der Waals surface area contributed by atoms with Gasteiger partial charge >= 0.3 is 0 Å². The normalized spacial score (nSPS) is 12.1. The van der Waals surface area contributed by atoms with Crippen molar-refractivity contribution < 1.29 is 22.4 Å². The van der Waals surface area contributed by atoms with E-state index in [1.807, 2.05) is 6.92 Å². The summed E-state index contributed by atoms with van der Waals surface area (Å²) in [5, 5.41) is 3.07. The first-order valence-electron chi connectivity index (χ1n) is 11.2. The SMILES string of the molecule is CNC(=O)[C@H](C)N(Cc1c(Cl)cccc1Cl)C(=O)CN(c1ccc(F)cc1)S(=O)(=O)c1ccc(C)cc1. The van der Waals surface area contributed by atoms with Crippen LogP contribution in [0.1, 0.15) is 18.1 Å². The molecule has 0 aliphatic rings. The van der Waals surface area contributed by atoms with E-state index in [2.05, 4.69) is 5.32 Å². The fourth-order valence-electron chi connectivity index (χ4n) is 3.62. The van der Waals surface area contributed by atoms with Crippen LogP contribution in [0, 0.1) is 12.7 Å². The highest BCUT2D eigenvalue weighted by Crippen LogP contribution is 2.28. The molecule has 0 aliphatic heterocycles. The Morgan fingerprint density at radius 3 is 2.08 bits per heavy atom. The van der Waals surface area contributed by atoms with Crippen LogP contribution in [0.4, 0.5) is 10.1 Å². The van der Waals surface area contributed by atoms with Crippen molar-refractivity contribution in [3.63, 3.8) is 0 Å². The molecule has 0 radical (unpaired) electrons. The molecule has 0 heterocycles. The quantitative estimate of drug-likeness (QED) is 0.403. The Bertz CT molecular complexity index is 1360. The Labute approximate surface area is 225 Å². The number of amides is 2. The Hall–Kier alpha value is -3.14. The van der Waals surface area contributed by atoms with Gasteiger partial charge < -0.3 is 10.2 Å². The molecule has 1 N–H and O–H groups in total. The van der Waals surface area contributed by atoms with E-state index in [0.717, 1.165) is 22.0 Å². The first-order valence-corrected chi connectivity index (χ1v) is 13.4. The summed E-state index contributed by atoms with van der Waals surface area (Å²) in [6, 6.07) is 14.7. The zero-order chi connectivity index (χ0) is 27.3. The van der Waals surface area contributed by atoms with E-state index in [0.29, 0.717) is 5.56 Å². The lowest BCUT2D eigenvalue weighted by molar-refractivity contribution is -0.139. The molecule has 3 rings (SSSR count). The Balaban J connectivity index is 2.06. The second-order valence-electron chi connectivity index (χ2n) is 8.31. The Morgan fingerprint density at radius 2 is 1.54 bits per heavy atom. The second-order valence-corrected chi connectivity index (χ2v) is 11.0. The smallest absolute Gasteiger partial charge is 0.264 e. The predicted molar refractivity (Wildman–Crippen MR) is 143 cm³/mol. The molecule has 0 saturated heterocycles. The second kappa shape index (κ2) is 11.9. The van der Waals surface area contributed by atoms with Crippen molar-refractivity contribution in [2.24, 2.45) is 0 Å². The van der Waals surface area contributed by atoms with Crippen molar-refractivity contribution in [2.45, 2.75) is 31.3 Å². The van der Waals surface area contributed by atoms with Gasteiger partial charge in [0.15, 0.2) is 0 Å². The molecule has 0 aliphatic carbocycles. The number of nitrogens with zero attached hydrogens (tertiary/aromatic N) is 2. The highest BCUT2D eigenvalue weighted by Gasteiger charge is 2.33. The minimum Gasteiger partial charge on any atom is -0.357 e. The van der Waals surface area contributed by atoms with E-state index in [-0.39, 0.29) is 27.2 Å². The summed E-state index contributed by atoms with van der Waals surface area (Å²) in [4.78, 5) is 27.4. The van der Waals surface area contributed by atoms with Crippen LogP contribution in [-0.2, 0) is 26.2 Å². The van der Waals surface area contributed by atoms with E-state index in [9.17, 15) is 22.4 Å². The van der Waals surface area contributed by atoms with Gasteiger partial charge in [-0.1, -0.05) is 47.0 Å². The van der Waals surface area contributed by atoms with Gasteiger partial charge in [0.25, 0.3) is 10.0 Å². The summed E-state index contributed by atoms with van der Waals surface area (Å²) >= 11 is 12.6. The van der Waals surface area contributed by atoms with Crippen LogP contribution in [0.2, 0.25) is 10.0 Å². The molecular formula is C26H26Cl2FN3O4S. The first kappa shape index (κ1) is 28.4. The molecular weight excluding hydrogens is 540 g/mol. The lowest BCUT2D eigenvalue weighted by Crippen LogP contribution is -2.50. The van der Waals surface area contributed by atoms with E-state index < -0.39 is 40.2 Å². The summed E-state index contributed by atoms with van der Waals surface area (Å²) in [5.41, 5.74) is 1.34. The van der Waals surface area contributed by atoms with Crippen molar-refractivity contribution in [1.29, 1.82) is 0 Å². The van der Waals surface area contributed by atoms with Gasteiger partial charge in [-0.05, 0) is 62.4 Å². The number of carbonyl (C=O) groups is 2. The lowest BCUT2D eigenvalue weighted by Gasteiger charge is -2.32. The molecule has 0 unspecified atom stereocenters. The van der Waals surface area contributed by atoms with Crippen LogP contribution in [0.5, 0.6) is 0 Å². The van der Waals surface area contributed by atoms with Crippen LogP contribution in [0.15, 0.2) is 71.6 Å². The maximum absolute atomic E-state index is 13.7. The highest BCUT2D eigenvalue weighted by molar-refractivity contribution is 7.92. The number of halogens is 3. The topological polar surface area (TPSA) is 86.8 Å². The minimum atomic E-state index is -4.24. The molecule has 1 atom stereocenters. The third-order valence-corrected chi connectivity index (χ3v) is 8.30. The molecule has 196 valence electrons. The number of aryl methyl sites for hydroxylation is 1. The summed E-state index contributed by atoms with van der Waals surface area (Å²) in [7, 11) is -2.82. The molecule has 0 fully saturated rings. The van der Waals surface area contributed by atoms with Gasteiger partial charge in [-0.2, -0.15) is 0 Å². The van der Waals surface area contributed by atoms with Gasteiger partial charge in [0.2, 0.25) is 11.8 Å². The van der Waals surface area contributed by atoms with Crippen LogP contribution in [0.3, 0.4) is 0 Å². The van der Waals surface area contributed by atoms with Gasteiger partial charge in [-0.15, -0.1) is 0 Å². The molecule has 3 aromatic carbocycles. The van der Waals surface area contributed by atoms with Gasteiger partial charge in [0.05, 0.1) is 10.6 Å². The van der Waals surface area contributed by atoms with Gasteiger partial charge in [0.1, 0.15) is 18.4 Å².